The summed E-state index contributed by atoms with van der Waals surface area (Å²) in [4.78, 5) is 43.7. The summed E-state index contributed by atoms with van der Waals surface area (Å²) in [6.45, 7) is 11.8. The van der Waals surface area contributed by atoms with Crippen molar-refractivity contribution in [1.82, 2.24) is 19.3 Å². The van der Waals surface area contributed by atoms with Crippen molar-refractivity contribution >= 4 is 18.2 Å². The highest BCUT2D eigenvalue weighted by Gasteiger charge is 2.33. The molecule has 0 spiro atoms. The Labute approximate surface area is 329 Å². The highest BCUT2D eigenvalue weighted by atomic mass is 16.2. The van der Waals surface area contributed by atoms with Crippen LogP contribution in [0.25, 0.3) is 11.3 Å². The van der Waals surface area contributed by atoms with Crippen molar-refractivity contribution in [1.29, 1.82) is 0 Å². The predicted molar refractivity (Wildman–Crippen MR) is 224 cm³/mol. The van der Waals surface area contributed by atoms with E-state index in [0.29, 0.717) is 26.1 Å². The number of carbonyl (C=O) groups excluding carboxylic acids is 3. The Kier molecular flexibility index (Phi) is 14.5. The van der Waals surface area contributed by atoms with Gasteiger partial charge in [0, 0.05) is 56.1 Å². The Morgan fingerprint density at radius 3 is 2.22 bits per heavy atom. The van der Waals surface area contributed by atoms with Gasteiger partial charge in [-0.2, -0.15) is 0 Å². The molecule has 8 heteroatoms. The standard InChI is InChI=1S/C46H60N4O2.CH3NO/c1-8-10-19-40-33(4)48(7)45(41(40)20-11-9-2)42-28-37-22-24-49(44(51)27-35-16-14-15-34(26-35)21-23-47(5)6)30-39(37)29-43(42)46(52)50-31-38-18-13-12-17-36(38)25-32(50)3;2-1-3/h12-18,26,28-29,32H,8-11,19-25,27,30-31H2,1-7H3;1H,(H2,2,3)/t32-;/m1./s1. The van der Waals surface area contributed by atoms with Gasteiger partial charge in [-0.05, 0) is 130 Å². The molecule has 0 radical (unpaired) electrons. The number of amides is 3. The molecule has 6 rings (SSSR count). The van der Waals surface area contributed by atoms with Crippen LogP contribution in [0.15, 0.2) is 60.7 Å². The first-order chi connectivity index (χ1) is 26.5. The number of fused-ring (bicyclic) bond motifs is 2. The fourth-order valence-electron chi connectivity index (χ4n) is 8.42. The molecule has 55 heavy (non-hydrogen) atoms. The number of nitrogens with two attached hydrogens (primary N) is 1. The number of benzene rings is 3. The molecule has 0 unspecified atom stereocenters. The molecule has 4 aromatic rings. The first-order valence-electron chi connectivity index (χ1n) is 20.4. The van der Waals surface area contributed by atoms with Crippen LogP contribution in [0.1, 0.15) is 107 Å². The van der Waals surface area contributed by atoms with Crippen LogP contribution in [0.2, 0.25) is 0 Å². The Hall–Kier alpha value is -4.69. The molecule has 294 valence electrons. The van der Waals surface area contributed by atoms with Gasteiger partial charge in [-0.15, -0.1) is 0 Å². The molecule has 3 amide bonds. The van der Waals surface area contributed by atoms with Crippen molar-refractivity contribution in [3.8, 4) is 11.3 Å². The third-order valence-electron chi connectivity index (χ3n) is 11.6. The summed E-state index contributed by atoms with van der Waals surface area (Å²) in [5.74, 6) is 0.238. The lowest BCUT2D eigenvalue weighted by Crippen LogP contribution is -2.43. The molecular formula is C47H63N5O3. The Morgan fingerprint density at radius 2 is 1.53 bits per heavy atom. The van der Waals surface area contributed by atoms with Gasteiger partial charge in [0.15, 0.2) is 0 Å². The summed E-state index contributed by atoms with van der Waals surface area (Å²) in [6, 6.07) is 21.6. The normalized spacial score (nSPS) is 14.9. The zero-order chi connectivity index (χ0) is 39.6. The van der Waals surface area contributed by atoms with E-state index in [1.54, 1.807) is 0 Å². The second-order valence-electron chi connectivity index (χ2n) is 15.8. The van der Waals surface area contributed by atoms with Gasteiger partial charge in [0.25, 0.3) is 5.91 Å². The Balaban J connectivity index is 0.00000187. The fraction of sp³-hybridized carbons (Fsp3) is 0.468. The quantitative estimate of drug-likeness (QED) is 0.143. The van der Waals surface area contributed by atoms with Gasteiger partial charge < -0.3 is 25.0 Å². The van der Waals surface area contributed by atoms with Gasteiger partial charge in [0.05, 0.1) is 12.1 Å². The van der Waals surface area contributed by atoms with E-state index in [0.717, 1.165) is 86.6 Å². The number of carbonyl (C=O) groups is 3. The number of unbranched alkanes of at least 4 members (excludes halogenated alkanes) is 2. The van der Waals surface area contributed by atoms with Crippen LogP contribution in [0.3, 0.4) is 0 Å². The molecule has 2 aliphatic rings. The minimum absolute atomic E-state index is 0.0904. The van der Waals surface area contributed by atoms with Crippen LogP contribution in [0.5, 0.6) is 0 Å². The third-order valence-corrected chi connectivity index (χ3v) is 11.6. The van der Waals surface area contributed by atoms with Gasteiger partial charge in [-0.3, -0.25) is 14.4 Å². The van der Waals surface area contributed by atoms with Crippen LogP contribution < -0.4 is 5.73 Å². The summed E-state index contributed by atoms with van der Waals surface area (Å²) < 4.78 is 2.37. The summed E-state index contributed by atoms with van der Waals surface area (Å²) in [7, 11) is 6.37. The van der Waals surface area contributed by atoms with Crippen molar-refractivity contribution < 1.29 is 14.4 Å². The zero-order valence-corrected chi connectivity index (χ0v) is 34.4. The monoisotopic (exact) mass is 745 g/mol. The first kappa shape index (κ1) is 41.5. The average Bonchev–Trinajstić information content (AvgIpc) is 3.41. The predicted octanol–water partition coefficient (Wildman–Crippen LogP) is 7.61. The van der Waals surface area contributed by atoms with Gasteiger partial charge in [-0.1, -0.05) is 75.2 Å². The largest absolute Gasteiger partial charge is 0.372 e. The number of hydrogen-bond acceptors (Lipinski definition) is 4. The number of aromatic nitrogens is 1. The Morgan fingerprint density at radius 1 is 0.855 bits per heavy atom. The van der Waals surface area contributed by atoms with Gasteiger partial charge in [0.1, 0.15) is 0 Å². The number of nitrogens with zero attached hydrogens (tertiary/aromatic N) is 4. The van der Waals surface area contributed by atoms with Crippen molar-refractivity contribution in [3.63, 3.8) is 0 Å². The van der Waals surface area contributed by atoms with E-state index in [1.165, 1.54) is 44.8 Å². The van der Waals surface area contributed by atoms with Gasteiger partial charge in [-0.25, -0.2) is 0 Å². The molecule has 1 aromatic heterocycles. The smallest absolute Gasteiger partial charge is 0.255 e. The number of hydrogen-bond donors (Lipinski definition) is 1. The molecule has 0 saturated carbocycles. The van der Waals surface area contributed by atoms with E-state index in [2.05, 4.69) is 130 Å². The highest BCUT2D eigenvalue weighted by molar-refractivity contribution is 6.02. The molecule has 0 fully saturated rings. The summed E-state index contributed by atoms with van der Waals surface area (Å²) in [5.41, 5.74) is 18.7. The average molecular weight is 746 g/mol. The summed E-state index contributed by atoms with van der Waals surface area (Å²) >= 11 is 0. The van der Waals surface area contributed by atoms with Crippen molar-refractivity contribution in [2.45, 2.75) is 111 Å². The Bertz CT molecular complexity index is 1960. The van der Waals surface area contributed by atoms with E-state index in [1.807, 2.05) is 4.90 Å². The molecule has 2 aliphatic heterocycles. The molecule has 1 atom stereocenters. The second kappa shape index (κ2) is 19.3. The topological polar surface area (TPSA) is 91.9 Å². The zero-order valence-electron chi connectivity index (χ0n) is 34.4. The number of rotatable bonds is 13. The maximum atomic E-state index is 15.0. The van der Waals surface area contributed by atoms with Crippen molar-refractivity contribution in [2.75, 3.05) is 27.2 Å². The van der Waals surface area contributed by atoms with Crippen LogP contribution in [0.4, 0.5) is 0 Å². The van der Waals surface area contributed by atoms with Gasteiger partial charge in [0.2, 0.25) is 12.3 Å². The molecular weight excluding hydrogens is 683 g/mol. The molecule has 0 aliphatic carbocycles. The highest BCUT2D eigenvalue weighted by Crippen LogP contribution is 2.39. The van der Waals surface area contributed by atoms with Crippen LogP contribution >= 0.6 is 0 Å². The van der Waals surface area contributed by atoms with E-state index in [-0.39, 0.29) is 24.3 Å². The minimum atomic E-state index is 0.0904. The van der Waals surface area contributed by atoms with Crippen molar-refractivity contribution in [2.24, 2.45) is 12.8 Å². The lowest BCUT2D eigenvalue weighted by molar-refractivity contribution is -0.131. The third kappa shape index (κ3) is 9.77. The van der Waals surface area contributed by atoms with Crippen LogP contribution in [-0.2, 0) is 68.3 Å². The number of likely N-dealkylation sites (N-methyl/N-ethyl adjacent to an activating group) is 1. The number of primary amides is 1. The molecule has 3 aromatic carbocycles. The van der Waals surface area contributed by atoms with E-state index in [9.17, 15) is 4.79 Å². The maximum absolute atomic E-state index is 15.0. The van der Waals surface area contributed by atoms with E-state index in [4.69, 9.17) is 4.79 Å². The SMILES string of the molecule is CCCCc1c(CCCC)c(-c2cc3c(cc2C(=O)N2Cc4ccccc4C[C@H]2C)CN(C(=O)Cc2cccc(CCN(C)C)c2)CC3)n(C)c1C.NC=O. The molecule has 8 nitrogen and oxygen atoms in total. The van der Waals surface area contributed by atoms with Crippen LogP contribution in [0, 0.1) is 6.92 Å². The van der Waals surface area contributed by atoms with Gasteiger partial charge >= 0.3 is 0 Å². The lowest BCUT2D eigenvalue weighted by atomic mass is 9.87. The first-order valence-corrected chi connectivity index (χ1v) is 20.4. The molecule has 0 bridgehead atoms. The lowest BCUT2D eigenvalue weighted by Gasteiger charge is -2.36. The molecule has 3 heterocycles. The maximum Gasteiger partial charge on any atom is 0.255 e. The van der Waals surface area contributed by atoms with E-state index < -0.39 is 0 Å². The van der Waals surface area contributed by atoms with E-state index >= 15 is 4.79 Å². The van der Waals surface area contributed by atoms with Crippen molar-refractivity contribution in [3.05, 3.63) is 116 Å². The minimum Gasteiger partial charge on any atom is -0.372 e. The van der Waals surface area contributed by atoms with Crippen LogP contribution in [-0.4, -0.2) is 70.7 Å². The molecule has 2 N–H and O–H groups in total. The second-order valence-corrected chi connectivity index (χ2v) is 15.8. The molecule has 0 saturated heterocycles. The fourth-order valence-corrected chi connectivity index (χ4v) is 8.42. The summed E-state index contributed by atoms with van der Waals surface area (Å²) in [5, 5.41) is 0. The summed E-state index contributed by atoms with van der Waals surface area (Å²) in [6.07, 6.45) is 9.91.